The maximum Gasteiger partial charge on any atom is 0.268 e. The van der Waals surface area contributed by atoms with Gasteiger partial charge in [-0.15, -0.1) is 11.3 Å². The first-order chi connectivity index (χ1) is 11.6. The quantitative estimate of drug-likeness (QED) is 0.608. The number of hydrogen-bond donors (Lipinski definition) is 3. The normalized spacial score (nSPS) is 16.9. The van der Waals surface area contributed by atoms with Crippen molar-refractivity contribution in [2.75, 3.05) is 11.9 Å². The van der Waals surface area contributed by atoms with Gasteiger partial charge in [0.25, 0.3) is 11.8 Å². The fourth-order valence-corrected chi connectivity index (χ4v) is 3.96. The van der Waals surface area contributed by atoms with Crippen molar-refractivity contribution >= 4 is 55.0 Å². The average molecular weight is 407 g/mol. The Morgan fingerprint density at radius 3 is 3.17 bits per heavy atom. The van der Waals surface area contributed by atoms with Gasteiger partial charge in [-0.2, -0.15) is 0 Å². The van der Waals surface area contributed by atoms with Crippen molar-refractivity contribution in [2.45, 2.75) is 6.04 Å². The first-order valence-corrected chi connectivity index (χ1v) is 8.68. The maximum atomic E-state index is 12.4. The van der Waals surface area contributed by atoms with Crippen LogP contribution in [-0.4, -0.2) is 34.4 Å². The second-order valence-corrected chi connectivity index (χ2v) is 7.67. The summed E-state index contributed by atoms with van der Waals surface area (Å²) in [4.78, 5) is 31.6. The fraction of sp³-hybridized carbons (Fsp3) is 0.133. The molecule has 2 amide bonds. The van der Waals surface area contributed by atoms with E-state index in [0.717, 1.165) is 14.0 Å². The zero-order valence-corrected chi connectivity index (χ0v) is 14.5. The van der Waals surface area contributed by atoms with E-state index in [9.17, 15) is 9.59 Å². The van der Waals surface area contributed by atoms with E-state index >= 15 is 0 Å². The molecule has 0 fully saturated rings. The molecule has 4 rings (SSSR count). The molecule has 0 radical (unpaired) electrons. The van der Waals surface area contributed by atoms with Gasteiger partial charge >= 0.3 is 0 Å². The molecular weight excluding hydrogens is 396 g/mol. The summed E-state index contributed by atoms with van der Waals surface area (Å²) in [6.07, 6.45) is 3.09. The Morgan fingerprint density at radius 2 is 2.33 bits per heavy atom. The molecular formula is C15H11BrN4O3S. The van der Waals surface area contributed by atoms with Crippen molar-refractivity contribution in [3.8, 4) is 5.75 Å². The largest absolute Gasteiger partial charge is 0.489 e. The highest BCUT2D eigenvalue weighted by molar-refractivity contribution is 9.11. The molecule has 1 aliphatic heterocycles. The van der Waals surface area contributed by atoms with Gasteiger partial charge in [-0.1, -0.05) is 0 Å². The monoisotopic (exact) mass is 406 g/mol. The predicted molar refractivity (Wildman–Crippen MR) is 93.5 cm³/mol. The van der Waals surface area contributed by atoms with Gasteiger partial charge in [-0.3, -0.25) is 14.6 Å². The number of carbonyl (C=O) groups is 2. The van der Waals surface area contributed by atoms with E-state index in [1.54, 1.807) is 18.3 Å². The molecule has 1 aliphatic rings. The number of rotatable bonds is 2. The number of anilines is 1. The molecule has 3 N–H and O–H groups in total. The van der Waals surface area contributed by atoms with Crippen molar-refractivity contribution in [1.82, 2.24) is 15.3 Å². The Bertz CT molecular complexity index is 920. The molecule has 0 unspecified atom stereocenters. The van der Waals surface area contributed by atoms with Crippen LogP contribution < -0.4 is 15.4 Å². The number of aromatic nitrogens is 2. The number of hydrogen-bond acceptors (Lipinski definition) is 5. The molecule has 0 spiro atoms. The number of thiophene rings is 1. The van der Waals surface area contributed by atoms with Crippen LogP contribution in [0.5, 0.6) is 5.75 Å². The Balaban J connectivity index is 1.51. The van der Waals surface area contributed by atoms with Crippen LogP contribution in [0.1, 0.15) is 10.5 Å². The summed E-state index contributed by atoms with van der Waals surface area (Å²) in [5, 5.41) is 5.39. The minimum Gasteiger partial charge on any atom is -0.489 e. The van der Waals surface area contributed by atoms with Crippen LogP contribution in [-0.2, 0) is 4.79 Å². The number of ether oxygens (including phenoxy) is 1. The molecule has 0 bridgehead atoms. The lowest BCUT2D eigenvalue weighted by Crippen LogP contribution is -2.46. The lowest BCUT2D eigenvalue weighted by molar-refractivity contribution is -0.118. The third kappa shape index (κ3) is 2.76. The van der Waals surface area contributed by atoms with Gasteiger partial charge < -0.3 is 20.4 Å². The molecule has 122 valence electrons. The number of fused-ring (bicyclic) bond motifs is 2. The highest BCUT2D eigenvalue weighted by Crippen LogP contribution is 2.30. The summed E-state index contributed by atoms with van der Waals surface area (Å²) in [6, 6.07) is 4.53. The first-order valence-electron chi connectivity index (χ1n) is 7.07. The second-order valence-electron chi connectivity index (χ2n) is 5.21. The molecule has 4 heterocycles. The Labute approximate surface area is 148 Å². The molecule has 0 aromatic carbocycles. The lowest BCUT2D eigenvalue weighted by atomic mass is 10.2. The Hall–Kier alpha value is -2.39. The highest BCUT2D eigenvalue weighted by Gasteiger charge is 2.27. The molecule has 3 aromatic heterocycles. The van der Waals surface area contributed by atoms with E-state index in [1.165, 1.54) is 17.5 Å². The van der Waals surface area contributed by atoms with Crippen LogP contribution in [0.2, 0.25) is 0 Å². The summed E-state index contributed by atoms with van der Waals surface area (Å²) >= 11 is 4.93. The summed E-state index contributed by atoms with van der Waals surface area (Å²) in [5.74, 6) is -0.172. The summed E-state index contributed by atoms with van der Waals surface area (Å²) in [6.45, 7) is 0.0508. The van der Waals surface area contributed by atoms with E-state index in [1.807, 2.05) is 6.07 Å². The number of nitrogens with zero attached hydrogens (tertiary/aromatic N) is 1. The molecule has 7 nitrogen and oxygen atoms in total. The molecule has 3 aromatic rings. The lowest BCUT2D eigenvalue weighted by Gasteiger charge is -2.14. The number of aromatic amines is 1. The molecule has 0 saturated carbocycles. The molecule has 0 saturated heterocycles. The maximum absolute atomic E-state index is 12.4. The number of halogens is 1. The zero-order chi connectivity index (χ0) is 16.7. The van der Waals surface area contributed by atoms with Crippen LogP contribution in [0.15, 0.2) is 34.4 Å². The average Bonchev–Trinajstić information content (AvgIpc) is 3.04. The van der Waals surface area contributed by atoms with Gasteiger partial charge in [0, 0.05) is 12.3 Å². The van der Waals surface area contributed by atoms with Gasteiger partial charge in [0.2, 0.25) is 0 Å². The van der Waals surface area contributed by atoms with E-state index in [-0.39, 0.29) is 18.4 Å². The molecule has 9 heteroatoms. The van der Waals surface area contributed by atoms with Crippen LogP contribution in [0.4, 0.5) is 5.69 Å². The summed E-state index contributed by atoms with van der Waals surface area (Å²) in [5.41, 5.74) is 1.77. The van der Waals surface area contributed by atoms with Gasteiger partial charge in [0.05, 0.1) is 20.2 Å². The topological polar surface area (TPSA) is 96.1 Å². The standard InChI is InChI=1S/C15H11BrN4O3S/c16-13-4-7-12(24-13)3-8(18-7)14(21)20-10-6-23-11-1-2-17-5-9(11)19-15(10)22/h1-5,10,18H,6H2,(H,19,22)(H,20,21)/t10-/m0/s1. The van der Waals surface area contributed by atoms with E-state index < -0.39 is 6.04 Å². The number of pyridine rings is 1. The fourth-order valence-electron chi connectivity index (χ4n) is 2.43. The number of H-pyrrole nitrogens is 1. The predicted octanol–water partition coefficient (Wildman–Crippen LogP) is 2.52. The highest BCUT2D eigenvalue weighted by atomic mass is 79.9. The van der Waals surface area contributed by atoms with E-state index in [2.05, 4.69) is 36.5 Å². The Kier molecular flexibility index (Phi) is 3.73. The minimum absolute atomic E-state index is 0.0508. The number of amides is 2. The van der Waals surface area contributed by atoms with Crippen LogP contribution in [0.25, 0.3) is 10.2 Å². The van der Waals surface area contributed by atoms with E-state index in [4.69, 9.17) is 4.74 Å². The van der Waals surface area contributed by atoms with Crippen LogP contribution in [0, 0.1) is 0 Å². The van der Waals surface area contributed by atoms with Crippen LogP contribution >= 0.6 is 27.3 Å². The van der Waals surface area contributed by atoms with Gasteiger partial charge in [-0.05, 0) is 28.1 Å². The number of nitrogens with one attached hydrogen (secondary N) is 3. The molecule has 24 heavy (non-hydrogen) atoms. The van der Waals surface area contributed by atoms with Crippen molar-refractivity contribution in [1.29, 1.82) is 0 Å². The Morgan fingerprint density at radius 1 is 1.46 bits per heavy atom. The smallest absolute Gasteiger partial charge is 0.268 e. The molecule has 0 aliphatic carbocycles. The number of carbonyl (C=O) groups excluding carboxylic acids is 2. The summed E-state index contributed by atoms with van der Waals surface area (Å²) in [7, 11) is 0. The second kappa shape index (κ2) is 5.91. The third-order valence-corrected chi connectivity index (χ3v) is 5.17. The summed E-state index contributed by atoms with van der Waals surface area (Å²) < 4.78 is 7.53. The van der Waals surface area contributed by atoms with Crippen LogP contribution in [0.3, 0.4) is 0 Å². The van der Waals surface area contributed by atoms with Gasteiger partial charge in [0.1, 0.15) is 29.8 Å². The SMILES string of the molecule is O=C(N[C@H]1COc2ccncc2NC1=O)c1cc2sc(Br)cc2[nH]1. The van der Waals surface area contributed by atoms with Gasteiger partial charge in [-0.25, -0.2) is 0 Å². The molecule has 1 atom stereocenters. The van der Waals surface area contributed by atoms with Gasteiger partial charge in [0.15, 0.2) is 0 Å². The zero-order valence-electron chi connectivity index (χ0n) is 12.1. The minimum atomic E-state index is -0.794. The van der Waals surface area contributed by atoms with E-state index in [0.29, 0.717) is 17.1 Å². The van der Waals surface area contributed by atoms with Crippen molar-refractivity contribution in [3.63, 3.8) is 0 Å². The van der Waals surface area contributed by atoms with Crippen molar-refractivity contribution < 1.29 is 14.3 Å². The first kappa shape index (κ1) is 15.2. The van der Waals surface area contributed by atoms with Crippen molar-refractivity contribution in [2.24, 2.45) is 0 Å². The third-order valence-electron chi connectivity index (χ3n) is 3.59. The van der Waals surface area contributed by atoms with Crippen molar-refractivity contribution in [3.05, 3.63) is 40.1 Å².